The van der Waals surface area contributed by atoms with E-state index in [1.807, 2.05) is 23.2 Å². The van der Waals surface area contributed by atoms with Gasteiger partial charge in [0, 0.05) is 18.8 Å². The molecule has 6 heteroatoms. The Bertz CT molecular complexity index is 782. The molecule has 2 aliphatic rings. The van der Waals surface area contributed by atoms with Gasteiger partial charge in [0.15, 0.2) is 5.75 Å². The summed E-state index contributed by atoms with van der Waals surface area (Å²) in [6.45, 7) is 16.5. The van der Waals surface area contributed by atoms with Gasteiger partial charge in [-0.3, -0.25) is 9.79 Å². The summed E-state index contributed by atoms with van der Waals surface area (Å²) in [5, 5.41) is 0. The number of ether oxygens (including phenoxy) is 1. The molecule has 2 aliphatic heterocycles. The maximum Gasteiger partial charge on any atom is 0.258 e. The van der Waals surface area contributed by atoms with Gasteiger partial charge in [-0.2, -0.15) is 0 Å². The standard InChI is InChI=1S/C23H36N2O3Si/c1-14(2)29(15(3)4,16(5)6)28-22-11-20-19(10-21(22)27-8)23(26)25-13-17(7)9-18(25)12-24-20/h10-12,14-18H,9,13H2,1-8H3/t17-,18+/m1/s1. The van der Waals surface area contributed by atoms with E-state index < -0.39 is 8.32 Å². The molecule has 3 rings (SSSR count). The van der Waals surface area contributed by atoms with E-state index in [-0.39, 0.29) is 11.9 Å². The quantitative estimate of drug-likeness (QED) is 0.549. The molecule has 1 saturated heterocycles. The Kier molecular flexibility index (Phi) is 6.13. The van der Waals surface area contributed by atoms with Crippen molar-refractivity contribution in [2.45, 2.75) is 77.6 Å². The van der Waals surface area contributed by atoms with Gasteiger partial charge < -0.3 is 14.1 Å². The first-order chi connectivity index (χ1) is 13.6. The molecule has 0 saturated carbocycles. The zero-order valence-electron chi connectivity index (χ0n) is 19.2. The van der Waals surface area contributed by atoms with E-state index in [0.29, 0.717) is 39.5 Å². The maximum atomic E-state index is 13.2. The average molecular weight is 417 g/mol. The minimum atomic E-state index is -2.15. The zero-order chi connectivity index (χ0) is 21.5. The molecule has 0 aromatic heterocycles. The van der Waals surface area contributed by atoms with Crippen molar-refractivity contribution in [1.82, 2.24) is 4.90 Å². The van der Waals surface area contributed by atoms with Crippen molar-refractivity contribution >= 4 is 26.1 Å². The van der Waals surface area contributed by atoms with Crippen LogP contribution in [-0.4, -0.2) is 45.0 Å². The van der Waals surface area contributed by atoms with Crippen LogP contribution in [0.3, 0.4) is 0 Å². The summed E-state index contributed by atoms with van der Waals surface area (Å²) in [5.41, 5.74) is 2.63. The first-order valence-electron chi connectivity index (χ1n) is 10.9. The molecule has 1 aromatic rings. The number of amides is 1. The van der Waals surface area contributed by atoms with Crippen LogP contribution in [0.1, 0.15) is 65.2 Å². The van der Waals surface area contributed by atoms with Crippen molar-refractivity contribution in [3.05, 3.63) is 17.7 Å². The third-order valence-corrected chi connectivity index (χ3v) is 12.7. The van der Waals surface area contributed by atoms with Crippen molar-refractivity contribution in [2.24, 2.45) is 10.9 Å². The lowest BCUT2D eigenvalue weighted by Crippen LogP contribution is -2.50. The summed E-state index contributed by atoms with van der Waals surface area (Å²) in [6.07, 6.45) is 2.90. The molecule has 160 valence electrons. The van der Waals surface area contributed by atoms with Crippen LogP contribution < -0.4 is 9.16 Å². The molecule has 0 bridgehead atoms. The van der Waals surface area contributed by atoms with Crippen molar-refractivity contribution in [1.29, 1.82) is 0 Å². The molecule has 0 radical (unpaired) electrons. The van der Waals surface area contributed by atoms with Gasteiger partial charge in [-0.1, -0.05) is 48.5 Å². The fraction of sp³-hybridized carbons (Fsp3) is 0.652. The average Bonchev–Trinajstić information content (AvgIpc) is 2.98. The number of benzene rings is 1. The Hall–Kier alpha value is -1.82. The van der Waals surface area contributed by atoms with E-state index in [0.717, 1.165) is 18.7 Å². The second-order valence-corrected chi connectivity index (χ2v) is 15.0. The van der Waals surface area contributed by atoms with E-state index in [2.05, 4.69) is 48.5 Å². The molecule has 2 atom stereocenters. The molecule has 0 unspecified atom stereocenters. The van der Waals surface area contributed by atoms with E-state index >= 15 is 0 Å². The van der Waals surface area contributed by atoms with Gasteiger partial charge in [0.05, 0.1) is 24.4 Å². The summed E-state index contributed by atoms with van der Waals surface area (Å²) in [4.78, 5) is 19.9. The molecule has 2 heterocycles. The van der Waals surface area contributed by atoms with Crippen LogP contribution in [0, 0.1) is 5.92 Å². The van der Waals surface area contributed by atoms with E-state index in [4.69, 9.17) is 14.2 Å². The second-order valence-electron chi connectivity index (χ2n) is 9.58. The van der Waals surface area contributed by atoms with Crippen molar-refractivity contribution in [3.63, 3.8) is 0 Å². The highest BCUT2D eigenvalue weighted by molar-refractivity contribution is 6.78. The van der Waals surface area contributed by atoms with Gasteiger partial charge in [-0.05, 0) is 35.0 Å². The number of carbonyl (C=O) groups excluding carboxylic acids is 1. The number of nitrogens with zero attached hydrogens (tertiary/aromatic N) is 2. The van der Waals surface area contributed by atoms with Crippen molar-refractivity contribution < 1.29 is 14.0 Å². The highest BCUT2D eigenvalue weighted by Crippen LogP contribution is 2.46. The molecule has 0 N–H and O–H groups in total. The van der Waals surface area contributed by atoms with Gasteiger partial charge in [0.2, 0.25) is 0 Å². The molecule has 29 heavy (non-hydrogen) atoms. The number of carbonyl (C=O) groups is 1. The van der Waals surface area contributed by atoms with E-state index in [1.165, 1.54) is 0 Å². The minimum Gasteiger partial charge on any atom is -0.540 e. The van der Waals surface area contributed by atoms with Gasteiger partial charge in [-0.25, -0.2) is 0 Å². The summed E-state index contributed by atoms with van der Waals surface area (Å²) >= 11 is 0. The Labute approximate surface area is 176 Å². The molecule has 1 amide bonds. The van der Waals surface area contributed by atoms with Crippen LogP contribution in [0.15, 0.2) is 17.1 Å². The molecule has 1 aromatic carbocycles. The van der Waals surface area contributed by atoms with Crippen LogP contribution in [0.4, 0.5) is 5.69 Å². The molecule has 5 nitrogen and oxygen atoms in total. The maximum absolute atomic E-state index is 13.2. The number of hydrogen-bond acceptors (Lipinski definition) is 4. The smallest absolute Gasteiger partial charge is 0.258 e. The van der Waals surface area contributed by atoms with Crippen LogP contribution in [0.5, 0.6) is 11.5 Å². The fourth-order valence-electron chi connectivity index (χ4n) is 5.39. The number of rotatable bonds is 6. The molecular formula is C23H36N2O3Si. The third kappa shape index (κ3) is 3.72. The first-order valence-corrected chi connectivity index (χ1v) is 13.0. The van der Waals surface area contributed by atoms with Crippen LogP contribution in [-0.2, 0) is 0 Å². The number of fused-ring (bicyclic) bond motifs is 2. The molecule has 0 aliphatic carbocycles. The topological polar surface area (TPSA) is 51.1 Å². The van der Waals surface area contributed by atoms with E-state index in [1.54, 1.807) is 7.11 Å². The lowest BCUT2D eigenvalue weighted by molar-refractivity contribution is 0.0770. The largest absolute Gasteiger partial charge is 0.540 e. The highest BCUT2D eigenvalue weighted by Gasteiger charge is 2.47. The van der Waals surface area contributed by atoms with Gasteiger partial charge >= 0.3 is 0 Å². The predicted molar refractivity (Wildman–Crippen MR) is 121 cm³/mol. The zero-order valence-corrected chi connectivity index (χ0v) is 20.2. The van der Waals surface area contributed by atoms with Crippen LogP contribution >= 0.6 is 0 Å². The Morgan fingerprint density at radius 2 is 1.69 bits per heavy atom. The molecule has 1 fully saturated rings. The van der Waals surface area contributed by atoms with Crippen molar-refractivity contribution in [2.75, 3.05) is 13.7 Å². The summed E-state index contributed by atoms with van der Waals surface area (Å²) in [6, 6.07) is 3.83. The lowest BCUT2D eigenvalue weighted by atomic mass is 10.1. The Balaban J connectivity index is 2.07. The molecular weight excluding hydrogens is 380 g/mol. The number of aliphatic imine (C=N–C) groups is 1. The van der Waals surface area contributed by atoms with Crippen LogP contribution in [0.2, 0.25) is 16.6 Å². The second kappa shape index (κ2) is 8.13. The summed E-state index contributed by atoms with van der Waals surface area (Å²) in [7, 11) is -0.508. The Morgan fingerprint density at radius 3 is 2.24 bits per heavy atom. The normalized spacial score (nSPS) is 21.6. The minimum absolute atomic E-state index is 0.0387. The van der Waals surface area contributed by atoms with Crippen molar-refractivity contribution in [3.8, 4) is 11.5 Å². The summed E-state index contributed by atoms with van der Waals surface area (Å²) in [5.74, 6) is 1.87. The lowest BCUT2D eigenvalue weighted by Gasteiger charge is -2.42. The van der Waals surface area contributed by atoms with Gasteiger partial charge in [0.25, 0.3) is 14.2 Å². The van der Waals surface area contributed by atoms with Gasteiger partial charge in [0.1, 0.15) is 5.75 Å². The van der Waals surface area contributed by atoms with E-state index in [9.17, 15) is 4.79 Å². The highest BCUT2D eigenvalue weighted by atomic mass is 28.4. The molecule has 0 spiro atoms. The first kappa shape index (κ1) is 21.9. The summed E-state index contributed by atoms with van der Waals surface area (Å²) < 4.78 is 12.6. The number of methoxy groups -OCH3 is 1. The monoisotopic (exact) mass is 416 g/mol. The fourth-order valence-corrected chi connectivity index (χ4v) is 10.6. The third-order valence-electron chi connectivity index (χ3n) is 6.71. The SMILES string of the molecule is COc1cc2c(cc1O[Si](C(C)C)(C(C)C)C(C)C)N=C[C@@H]1C[C@@H](C)CN1C2=O. The predicted octanol–water partition coefficient (Wildman–Crippen LogP) is 5.82. The Morgan fingerprint density at radius 1 is 1.07 bits per heavy atom. The van der Waals surface area contributed by atoms with Crippen LogP contribution in [0.25, 0.3) is 0 Å². The van der Waals surface area contributed by atoms with Gasteiger partial charge in [-0.15, -0.1) is 0 Å². The number of hydrogen-bond donors (Lipinski definition) is 0.